The van der Waals surface area contributed by atoms with Gasteiger partial charge in [-0.2, -0.15) is 13.2 Å². The number of imide groups is 1. The van der Waals surface area contributed by atoms with Crippen molar-refractivity contribution < 1.29 is 37.2 Å². The summed E-state index contributed by atoms with van der Waals surface area (Å²) in [5.41, 5.74) is 0.549. The molecule has 41 heavy (non-hydrogen) atoms. The van der Waals surface area contributed by atoms with Gasteiger partial charge < -0.3 is 10.1 Å². The number of carbonyl (C=O) groups is 3. The first-order valence-corrected chi connectivity index (χ1v) is 13.3. The second kappa shape index (κ2) is 11.7. The molecule has 1 fully saturated rings. The van der Waals surface area contributed by atoms with E-state index in [9.17, 15) is 37.7 Å². The molecule has 1 aliphatic heterocycles. The Morgan fingerprint density at radius 2 is 1.78 bits per heavy atom. The molecular formula is C27H19BrF3N3O6S. The maximum Gasteiger partial charge on any atom is 0.416 e. The van der Waals surface area contributed by atoms with Crippen molar-refractivity contribution in [2.45, 2.75) is 20.0 Å². The molecule has 0 atom stereocenters. The number of nitrogens with zero attached hydrogens (tertiary/aromatic N) is 2. The van der Waals surface area contributed by atoms with Crippen LogP contribution in [0.5, 0.6) is 11.5 Å². The van der Waals surface area contributed by atoms with Crippen molar-refractivity contribution in [2.75, 3.05) is 11.9 Å². The molecule has 0 aromatic heterocycles. The van der Waals surface area contributed by atoms with E-state index in [4.69, 9.17) is 4.74 Å². The topological polar surface area (TPSA) is 119 Å². The van der Waals surface area contributed by atoms with Crippen LogP contribution in [0.4, 0.5) is 29.3 Å². The molecule has 4 rings (SSSR count). The number of alkyl halides is 3. The van der Waals surface area contributed by atoms with Crippen molar-refractivity contribution in [3.05, 3.63) is 96.3 Å². The van der Waals surface area contributed by atoms with Crippen LogP contribution >= 0.6 is 27.7 Å². The van der Waals surface area contributed by atoms with Gasteiger partial charge in [0.25, 0.3) is 11.1 Å². The highest BCUT2D eigenvalue weighted by Gasteiger charge is 2.37. The van der Waals surface area contributed by atoms with Gasteiger partial charge in [-0.25, -0.2) is 0 Å². The molecular weight excluding hydrogens is 631 g/mol. The molecule has 3 amide bonds. The van der Waals surface area contributed by atoms with Gasteiger partial charge in [-0.15, -0.1) is 0 Å². The number of aryl methyl sites for hydroxylation is 2. The van der Waals surface area contributed by atoms with Crippen LogP contribution in [0.25, 0.3) is 6.08 Å². The second-order valence-electron chi connectivity index (χ2n) is 8.84. The minimum Gasteiger partial charge on any atom is -0.449 e. The third-order valence-electron chi connectivity index (χ3n) is 5.93. The van der Waals surface area contributed by atoms with Crippen LogP contribution in [0.1, 0.15) is 22.3 Å². The summed E-state index contributed by atoms with van der Waals surface area (Å²) < 4.78 is 45.4. The van der Waals surface area contributed by atoms with Gasteiger partial charge >= 0.3 is 11.9 Å². The van der Waals surface area contributed by atoms with E-state index in [1.807, 2.05) is 19.9 Å². The van der Waals surface area contributed by atoms with Gasteiger partial charge in [0.05, 0.1) is 15.4 Å². The molecule has 1 aliphatic rings. The van der Waals surface area contributed by atoms with Gasteiger partial charge in [0.2, 0.25) is 11.7 Å². The maximum absolute atomic E-state index is 13.1. The van der Waals surface area contributed by atoms with E-state index in [0.717, 1.165) is 22.1 Å². The third-order valence-corrected chi connectivity index (χ3v) is 7.33. The minimum atomic E-state index is -4.80. The number of halogens is 4. The summed E-state index contributed by atoms with van der Waals surface area (Å²) in [7, 11) is 0. The number of amides is 3. The van der Waals surface area contributed by atoms with E-state index in [1.165, 1.54) is 24.3 Å². The summed E-state index contributed by atoms with van der Waals surface area (Å²) in [6.45, 7) is 3.26. The molecule has 0 aliphatic carbocycles. The predicted octanol–water partition coefficient (Wildman–Crippen LogP) is 7.46. The molecule has 0 spiro atoms. The minimum absolute atomic E-state index is 0.0321. The number of thioether (sulfide) groups is 1. The van der Waals surface area contributed by atoms with Crippen LogP contribution in [0, 0.1) is 24.0 Å². The van der Waals surface area contributed by atoms with Crippen molar-refractivity contribution in [1.82, 2.24) is 4.90 Å². The van der Waals surface area contributed by atoms with Crippen molar-refractivity contribution >= 4 is 62.2 Å². The van der Waals surface area contributed by atoms with E-state index in [1.54, 1.807) is 12.1 Å². The predicted molar refractivity (Wildman–Crippen MR) is 150 cm³/mol. The number of benzene rings is 3. The highest BCUT2D eigenvalue weighted by atomic mass is 79.9. The second-order valence-corrected chi connectivity index (χ2v) is 10.7. The van der Waals surface area contributed by atoms with Gasteiger partial charge in [-0.05, 0) is 85.3 Å². The lowest BCUT2D eigenvalue weighted by Crippen LogP contribution is -2.36. The number of carbonyl (C=O) groups excluding carboxylic acids is 3. The average molecular weight is 650 g/mol. The summed E-state index contributed by atoms with van der Waals surface area (Å²) in [5, 5.41) is 13.4. The zero-order valence-corrected chi connectivity index (χ0v) is 23.6. The molecule has 0 unspecified atom stereocenters. The number of nitrogens with one attached hydrogen (secondary N) is 1. The molecule has 0 saturated carbocycles. The monoisotopic (exact) mass is 649 g/mol. The van der Waals surface area contributed by atoms with Crippen molar-refractivity contribution in [2.24, 2.45) is 0 Å². The zero-order valence-electron chi connectivity index (χ0n) is 21.2. The molecule has 9 nitrogen and oxygen atoms in total. The van der Waals surface area contributed by atoms with E-state index in [0.29, 0.717) is 34.1 Å². The van der Waals surface area contributed by atoms with Gasteiger partial charge in [-0.3, -0.25) is 29.4 Å². The van der Waals surface area contributed by atoms with Gasteiger partial charge in [0.15, 0.2) is 0 Å². The largest absolute Gasteiger partial charge is 0.449 e. The highest BCUT2D eigenvalue weighted by molar-refractivity contribution is 9.10. The lowest BCUT2D eigenvalue weighted by molar-refractivity contribution is -0.385. The van der Waals surface area contributed by atoms with E-state index in [-0.39, 0.29) is 16.2 Å². The Kier molecular flexibility index (Phi) is 8.54. The van der Waals surface area contributed by atoms with E-state index >= 15 is 0 Å². The summed E-state index contributed by atoms with van der Waals surface area (Å²) >= 11 is 3.85. The third kappa shape index (κ3) is 6.95. The lowest BCUT2D eigenvalue weighted by Gasteiger charge is -2.13. The average Bonchev–Trinajstić information content (AvgIpc) is 3.14. The summed E-state index contributed by atoms with van der Waals surface area (Å²) in [6.07, 6.45) is -3.51. The van der Waals surface area contributed by atoms with Crippen molar-refractivity contribution in [1.29, 1.82) is 0 Å². The zero-order chi connectivity index (χ0) is 30.1. The van der Waals surface area contributed by atoms with Crippen LogP contribution < -0.4 is 10.1 Å². The van der Waals surface area contributed by atoms with Gasteiger partial charge in [0.1, 0.15) is 12.3 Å². The molecule has 1 saturated heterocycles. The number of rotatable bonds is 7. The number of hydrogen-bond donors (Lipinski definition) is 1. The van der Waals surface area contributed by atoms with Crippen LogP contribution in [-0.2, 0) is 15.8 Å². The van der Waals surface area contributed by atoms with E-state index < -0.39 is 51.7 Å². The van der Waals surface area contributed by atoms with Crippen molar-refractivity contribution in [3.63, 3.8) is 0 Å². The number of ether oxygens (including phenoxy) is 1. The normalized spacial score (nSPS) is 14.5. The van der Waals surface area contributed by atoms with Crippen molar-refractivity contribution in [3.8, 4) is 11.5 Å². The lowest BCUT2D eigenvalue weighted by atomic mass is 10.1. The standard InChI is InChI=1S/C27H19BrF3N3O6S/c1-14-3-6-19(9-15(14)2)32-24(35)13-33-25(36)23(41-26(33)37)11-16-10-18(28)5-8-21(16)40-22-7-4-17(27(29,30)31)12-20(22)34(38)39/h3-12H,13H2,1-2H3,(H,32,35)/b23-11+. The molecule has 0 radical (unpaired) electrons. The summed E-state index contributed by atoms with van der Waals surface area (Å²) in [4.78, 5) is 49.4. The number of hydrogen-bond acceptors (Lipinski definition) is 7. The van der Waals surface area contributed by atoms with Crippen LogP contribution in [0.2, 0.25) is 0 Å². The molecule has 3 aromatic rings. The fourth-order valence-electron chi connectivity index (χ4n) is 3.71. The molecule has 14 heteroatoms. The summed E-state index contributed by atoms with van der Waals surface area (Å²) in [6, 6.07) is 11.5. The Morgan fingerprint density at radius 3 is 2.44 bits per heavy atom. The fraction of sp³-hybridized carbons (Fsp3) is 0.148. The smallest absolute Gasteiger partial charge is 0.416 e. The molecule has 1 N–H and O–H groups in total. The highest BCUT2D eigenvalue weighted by Crippen LogP contribution is 2.40. The molecule has 0 bridgehead atoms. The molecule has 212 valence electrons. The Hall–Kier alpha value is -4.17. The molecule has 3 aromatic carbocycles. The molecule has 1 heterocycles. The number of anilines is 1. The van der Waals surface area contributed by atoms with Crippen LogP contribution in [-0.4, -0.2) is 33.4 Å². The Labute approximate surface area is 243 Å². The number of nitro benzene ring substituents is 1. The summed E-state index contributed by atoms with van der Waals surface area (Å²) in [5.74, 6) is -1.83. The first-order chi connectivity index (χ1) is 19.2. The van der Waals surface area contributed by atoms with Crippen LogP contribution in [0.3, 0.4) is 0 Å². The quantitative estimate of drug-likeness (QED) is 0.160. The van der Waals surface area contributed by atoms with E-state index in [2.05, 4.69) is 21.2 Å². The number of nitro groups is 1. The SMILES string of the molecule is Cc1ccc(NC(=O)CN2C(=O)S/C(=C/c3cc(Br)ccc3Oc3ccc(C(F)(F)F)cc3[N+](=O)[O-])C2=O)cc1C. The van der Waals surface area contributed by atoms with Gasteiger partial charge in [0, 0.05) is 21.8 Å². The first-order valence-electron chi connectivity index (χ1n) is 11.7. The first kappa shape index (κ1) is 29.8. The fourth-order valence-corrected chi connectivity index (χ4v) is 4.92. The maximum atomic E-state index is 13.1. The van der Waals surface area contributed by atoms with Gasteiger partial charge in [-0.1, -0.05) is 22.0 Å². The Morgan fingerprint density at radius 1 is 1.07 bits per heavy atom. The van der Waals surface area contributed by atoms with Crippen LogP contribution in [0.15, 0.2) is 64.0 Å². The Bertz CT molecular complexity index is 1630. The Balaban J connectivity index is 1.58.